The summed E-state index contributed by atoms with van der Waals surface area (Å²) in [5.74, 6) is -2.18. The highest BCUT2D eigenvalue weighted by molar-refractivity contribution is 5.95. The number of nitrogens with one attached hydrogen (secondary N) is 1. The fraction of sp³-hybridized carbons (Fsp3) is 0.417. The molecule has 5 heteroatoms. The van der Waals surface area contributed by atoms with Crippen molar-refractivity contribution >= 4 is 5.91 Å². The van der Waals surface area contributed by atoms with E-state index in [0.29, 0.717) is 19.6 Å². The lowest BCUT2D eigenvalue weighted by atomic mass is 10.1. The lowest BCUT2D eigenvalue weighted by molar-refractivity contribution is 0.0646. The van der Waals surface area contributed by atoms with Crippen LogP contribution in [-0.4, -0.2) is 36.5 Å². The molecular formula is C12H14F2N2O. The van der Waals surface area contributed by atoms with E-state index in [2.05, 4.69) is 5.32 Å². The second-order valence-corrected chi connectivity index (χ2v) is 4.15. The fourth-order valence-corrected chi connectivity index (χ4v) is 1.99. The zero-order chi connectivity index (χ0) is 12.4. The molecule has 0 spiro atoms. The van der Waals surface area contributed by atoms with Gasteiger partial charge in [-0.15, -0.1) is 0 Å². The molecule has 17 heavy (non-hydrogen) atoms. The lowest BCUT2D eigenvalue weighted by Crippen LogP contribution is -2.52. The summed E-state index contributed by atoms with van der Waals surface area (Å²) in [4.78, 5) is 13.6. The molecule has 3 nitrogen and oxygen atoms in total. The van der Waals surface area contributed by atoms with Crippen LogP contribution in [-0.2, 0) is 0 Å². The molecule has 2 rings (SSSR count). The highest BCUT2D eigenvalue weighted by Crippen LogP contribution is 2.16. The highest BCUT2D eigenvalue weighted by Gasteiger charge is 2.28. The van der Waals surface area contributed by atoms with Crippen LogP contribution in [0.5, 0.6) is 0 Å². The van der Waals surface area contributed by atoms with Gasteiger partial charge in [0.15, 0.2) is 0 Å². The quantitative estimate of drug-likeness (QED) is 0.804. The number of carbonyl (C=O) groups excluding carboxylic acids is 1. The van der Waals surface area contributed by atoms with Gasteiger partial charge in [0.05, 0.1) is 0 Å². The van der Waals surface area contributed by atoms with Crippen molar-refractivity contribution in [3.8, 4) is 0 Å². The molecule has 1 unspecified atom stereocenters. The van der Waals surface area contributed by atoms with Crippen molar-refractivity contribution in [3.05, 3.63) is 35.4 Å². The molecule has 0 radical (unpaired) electrons. The van der Waals surface area contributed by atoms with Gasteiger partial charge in [0.25, 0.3) is 5.91 Å². The molecule has 1 aromatic rings. The number of piperazine rings is 1. The van der Waals surface area contributed by atoms with E-state index in [0.717, 1.165) is 12.1 Å². The van der Waals surface area contributed by atoms with Crippen LogP contribution in [0, 0.1) is 11.6 Å². The molecule has 92 valence electrons. The van der Waals surface area contributed by atoms with Crippen LogP contribution in [0.25, 0.3) is 0 Å². The van der Waals surface area contributed by atoms with Crippen LogP contribution in [0.2, 0.25) is 0 Å². The van der Waals surface area contributed by atoms with Crippen molar-refractivity contribution in [3.63, 3.8) is 0 Å². The average Bonchev–Trinajstić information content (AvgIpc) is 2.29. The largest absolute Gasteiger partial charge is 0.333 e. The average molecular weight is 240 g/mol. The Balaban J connectivity index is 2.30. The summed E-state index contributed by atoms with van der Waals surface area (Å²) in [5.41, 5.74) is -0.457. The molecule has 1 N–H and O–H groups in total. The van der Waals surface area contributed by atoms with Gasteiger partial charge in [-0.25, -0.2) is 8.78 Å². The summed E-state index contributed by atoms with van der Waals surface area (Å²) >= 11 is 0. The Morgan fingerprint density at radius 1 is 1.41 bits per heavy atom. The van der Waals surface area contributed by atoms with Gasteiger partial charge in [0.2, 0.25) is 0 Å². The molecule has 1 aliphatic heterocycles. The van der Waals surface area contributed by atoms with Gasteiger partial charge < -0.3 is 10.2 Å². The maximum atomic E-state index is 13.5. The van der Waals surface area contributed by atoms with Crippen LogP contribution in [0.15, 0.2) is 18.2 Å². The zero-order valence-corrected chi connectivity index (χ0v) is 9.54. The first-order valence-electron chi connectivity index (χ1n) is 5.57. The van der Waals surface area contributed by atoms with Crippen LogP contribution >= 0.6 is 0 Å². The van der Waals surface area contributed by atoms with E-state index in [9.17, 15) is 13.6 Å². The minimum atomic E-state index is -0.805. The van der Waals surface area contributed by atoms with E-state index in [4.69, 9.17) is 0 Å². The van der Waals surface area contributed by atoms with Crippen LogP contribution in [0.3, 0.4) is 0 Å². The van der Waals surface area contributed by atoms with Crippen molar-refractivity contribution in [1.82, 2.24) is 10.2 Å². The number of benzene rings is 1. The summed E-state index contributed by atoms with van der Waals surface area (Å²) in [7, 11) is 0. The molecule has 1 fully saturated rings. The smallest absolute Gasteiger partial charge is 0.260 e. The highest BCUT2D eigenvalue weighted by atomic mass is 19.1. The number of carbonyl (C=O) groups is 1. The standard InChI is InChI=1S/C12H14F2N2O/c1-8-7-15-5-6-16(8)12(17)11-9(13)3-2-4-10(11)14/h2-4,8,15H,5-7H2,1H3. The van der Waals surface area contributed by atoms with E-state index < -0.39 is 23.1 Å². The number of nitrogens with zero attached hydrogens (tertiary/aromatic N) is 1. The van der Waals surface area contributed by atoms with Crippen molar-refractivity contribution in [2.24, 2.45) is 0 Å². The zero-order valence-electron chi connectivity index (χ0n) is 9.54. The van der Waals surface area contributed by atoms with Crippen molar-refractivity contribution in [2.45, 2.75) is 13.0 Å². The van der Waals surface area contributed by atoms with Gasteiger partial charge >= 0.3 is 0 Å². The van der Waals surface area contributed by atoms with Crippen LogP contribution < -0.4 is 5.32 Å². The minimum Gasteiger partial charge on any atom is -0.333 e. The lowest BCUT2D eigenvalue weighted by Gasteiger charge is -2.34. The monoisotopic (exact) mass is 240 g/mol. The SMILES string of the molecule is CC1CNCCN1C(=O)c1c(F)cccc1F. The topological polar surface area (TPSA) is 32.3 Å². The van der Waals surface area contributed by atoms with E-state index in [-0.39, 0.29) is 6.04 Å². The molecule has 1 atom stereocenters. The summed E-state index contributed by atoms with van der Waals surface area (Å²) < 4.78 is 27.0. The van der Waals surface area contributed by atoms with Gasteiger partial charge in [-0.3, -0.25) is 4.79 Å². The molecule has 0 aromatic heterocycles. The van der Waals surface area contributed by atoms with Gasteiger partial charge in [-0.1, -0.05) is 6.07 Å². The molecule has 1 amide bonds. The molecule has 1 heterocycles. The third kappa shape index (κ3) is 2.29. The van der Waals surface area contributed by atoms with Crippen molar-refractivity contribution in [1.29, 1.82) is 0 Å². The summed E-state index contributed by atoms with van der Waals surface area (Å²) in [5, 5.41) is 3.12. The third-order valence-electron chi connectivity index (χ3n) is 2.94. The molecule has 1 saturated heterocycles. The first-order valence-corrected chi connectivity index (χ1v) is 5.57. The Morgan fingerprint density at radius 3 is 2.65 bits per heavy atom. The third-order valence-corrected chi connectivity index (χ3v) is 2.94. The molecule has 1 aliphatic rings. The molecular weight excluding hydrogens is 226 g/mol. The first-order chi connectivity index (χ1) is 8.11. The number of hydrogen-bond acceptors (Lipinski definition) is 2. The summed E-state index contributed by atoms with van der Waals surface area (Å²) in [6.07, 6.45) is 0. The normalized spacial score (nSPS) is 20.4. The van der Waals surface area contributed by atoms with Crippen LogP contribution in [0.1, 0.15) is 17.3 Å². The predicted molar refractivity (Wildman–Crippen MR) is 59.7 cm³/mol. The van der Waals surface area contributed by atoms with Crippen molar-refractivity contribution in [2.75, 3.05) is 19.6 Å². The van der Waals surface area contributed by atoms with E-state index >= 15 is 0 Å². The van der Waals surface area contributed by atoms with E-state index in [1.54, 1.807) is 0 Å². The van der Waals surface area contributed by atoms with Gasteiger partial charge in [-0.2, -0.15) is 0 Å². The van der Waals surface area contributed by atoms with Gasteiger partial charge in [-0.05, 0) is 19.1 Å². The van der Waals surface area contributed by atoms with Crippen LogP contribution in [0.4, 0.5) is 8.78 Å². The summed E-state index contributed by atoms with van der Waals surface area (Å²) in [6.45, 7) is 3.60. The number of hydrogen-bond donors (Lipinski definition) is 1. The Morgan fingerprint density at radius 2 is 2.06 bits per heavy atom. The minimum absolute atomic E-state index is 0.0599. The fourth-order valence-electron chi connectivity index (χ4n) is 1.99. The Hall–Kier alpha value is -1.49. The second kappa shape index (κ2) is 4.79. The second-order valence-electron chi connectivity index (χ2n) is 4.15. The Kier molecular flexibility index (Phi) is 3.38. The first kappa shape index (κ1) is 12.0. The molecule has 0 saturated carbocycles. The Labute approximate surface area is 98.4 Å². The number of amides is 1. The van der Waals surface area contributed by atoms with Gasteiger partial charge in [0.1, 0.15) is 17.2 Å². The number of rotatable bonds is 1. The molecule has 1 aromatic carbocycles. The molecule has 0 aliphatic carbocycles. The maximum absolute atomic E-state index is 13.5. The Bertz CT molecular complexity index is 416. The summed E-state index contributed by atoms with van der Waals surface area (Å²) in [6, 6.07) is 3.39. The molecule has 0 bridgehead atoms. The predicted octanol–water partition coefficient (Wildman–Crippen LogP) is 1.40. The van der Waals surface area contributed by atoms with E-state index in [1.165, 1.54) is 11.0 Å². The van der Waals surface area contributed by atoms with Gasteiger partial charge in [0, 0.05) is 25.7 Å². The van der Waals surface area contributed by atoms with E-state index in [1.807, 2.05) is 6.92 Å². The maximum Gasteiger partial charge on any atom is 0.260 e. The van der Waals surface area contributed by atoms with Crippen molar-refractivity contribution < 1.29 is 13.6 Å². The number of halogens is 2.